The van der Waals surface area contributed by atoms with Crippen molar-refractivity contribution in [3.8, 4) is 0 Å². The fraction of sp³-hybridized carbons (Fsp3) is 0.400. The molecule has 0 amide bonds. The molecule has 0 aromatic heterocycles. The summed E-state index contributed by atoms with van der Waals surface area (Å²) in [6, 6.07) is 4.24. The van der Waals surface area contributed by atoms with E-state index in [9.17, 15) is 0 Å². The number of halogens is 2. The van der Waals surface area contributed by atoms with Gasteiger partial charge in [-0.05, 0) is 43.5 Å². The number of benzene rings is 1. The van der Waals surface area contributed by atoms with E-state index in [1.165, 1.54) is 21.2 Å². The van der Waals surface area contributed by atoms with Crippen molar-refractivity contribution in [3.05, 3.63) is 33.3 Å². The largest absolute Gasteiger partial charge is 0.0841 e. The Morgan fingerprint density at radius 1 is 1.25 bits per heavy atom. The number of aryl methyl sites for hydroxylation is 1. The Kier molecular flexibility index (Phi) is 3.36. The Hall–Kier alpha value is 0.180. The second kappa shape index (κ2) is 3.93. The second-order valence-electron chi connectivity index (χ2n) is 3.02. The maximum atomic E-state index is 3.59. The molecule has 12 heavy (non-hydrogen) atoms. The lowest BCUT2D eigenvalue weighted by Gasteiger charge is -2.12. The Morgan fingerprint density at radius 2 is 1.83 bits per heavy atom. The van der Waals surface area contributed by atoms with Crippen LogP contribution in [0, 0.1) is 13.8 Å². The van der Waals surface area contributed by atoms with Crippen molar-refractivity contribution in [2.45, 2.75) is 25.6 Å². The molecule has 0 aliphatic rings. The molecule has 66 valence electrons. The first-order valence-electron chi connectivity index (χ1n) is 3.93. The van der Waals surface area contributed by atoms with Gasteiger partial charge >= 0.3 is 0 Å². The molecule has 2 heteroatoms. The van der Waals surface area contributed by atoms with E-state index in [-0.39, 0.29) is 0 Å². The van der Waals surface area contributed by atoms with Crippen LogP contribution in [0.1, 0.15) is 28.4 Å². The van der Waals surface area contributed by atoms with Gasteiger partial charge in [0.05, 0.1) is 0 Å². The van der Waals surface area contributed by atoms with Gasteiger partial charge in [0.25, 0.3) is 0 Å². The average Bonchev–Trinajstić information content (AvgIpc) is 1.97. The summed E-state index contributed by atoms with van der Waals surface area (Å²) in [7, 11) is 0. The van der Waals surface area contributed by atoms with Crippen LogP contribution in [0.3, 0.4) is 0 Å². The lowest BCUT2D eigenvalue weighted by Crippen LogP contribution is -1.93. The number of hydrogen-bond acceptors (Lipinski definition) is 0. The molecular formula is C10H12Br2. The molecule has 1 rings (SSSR count). The van der Waals surface area contributed by atoms with E-state index in [1.54, 1.807) is 0 Å². The van der Waals surface area contributed by atoms with Crippen LogP contribution in [-0.4, -0.2) is 0 Å². The summed E-state index contributed by atoms with van der Waals surface area (Å²) < 4.78 is 1.19. The maximum absolute atomic E-state index is 3.59. The lowest BCUT2D eigenvalue weighted by molar-refractivity contribution is 1.07. The van der Waals surface area contributed by atoms with Crippen LogP contribution in [0.5, 0.6) is 0 Å². The summed E-state index contributed by atoms with van der Waals surface area (Å²) in [5.41, 5.74) is 4.07. The Bertz CT molecular complexity index is 290. The monoisotopic (exact) mass is 290 g/mol. The molecule has 0 N–H and O–H groups in total. The lowest BCUT2D eigenvalue weighted by atomic mass is 10.0. The number of hydrogen-bond donors (Lipinski definition) is 0. The van der Waals surface area contributed by atoms with E-state index in [2.05, 4.69) is 64.8 Å². The first-order chi connectivity index (χ1) is 5.54. The topological polar surface area (TPSA) is 0 Å². The van der Waals surface area contributed by atoms with E-state index < -0.39 is 0 Å². The first-order valence-corrected chi connectivity index (χ1v) is 5.64. The second-order valence-corrected chi connectivity index (χ2v) is 5.25. The Morgan fingerprint density at radius 3 is 2.25 bits per heavy atom. The quantitative estimate of drug-likeness (QED) is 0.667. The highest BCUT2D eigenvalue weighted by Crippen LogP contribution is 2.33. The Labute approximate surface area is 90.6 Å². The molecule has 0 fully saturated rings. The van der Waals surface area contributed by atoms with Crippen LogP contribution in [-0.2, 0) is 0 Å². The zero-order chi connectivity index (χ0) is 9.30. The first kappa shape index (κ1) is 10.3. The minimum atomic E-state index is 0.409. The third-order valence-corrected chi connectivity index (χ3v) is 3.28. The summed E-state index contributed by atoms with van der Waals surface area (Å²) >= 11 is 7.14. The molecule has 0 nitrogen and oxygen atoms in total. The van der Waals surface area contributed by atoms with Crippen molar-refractivity contribution in [1.29, 1.82) is 0 Å². The van der Waals surface area contributed by atoms with Crippen molar-refractivity contribution in [1.82, 2.24) is 0 Å². The van der Waals surface area contributed by atoms with Crippen LogP contribution in [0.2, 0.25) is 0 Å². The van der Waals surface area contributed by atoms with Gasteiger partial charge in [0.1, 0.15) is 0 Å². The van der Waals surface area contributed by atoms with Crippen LogP contribution in [0.25, 0.3) is 0 Å². The fourth-order valence-electron chi connectivity index (χ4n) is 1.29. The molecule has 1 unspecified atom stereocenters. The number of rotatable bonds is 1. The third-order valence-electron chi connectivity index (χ3n) is 2.13. The minimum absolute atomic E-state index is 0.409. The predicted molar refractivity (Wildman–Crippen MR) is 61.0 cm³/mol. The van der Waals surface area contributed by atoms with Gasteiger partial charge in [-0.3, -0.25) is 0 Å². The van der Waals surface area contributed by atoms with Gasteiger partial charge in [-0.15, -0.1) is 0 Å². The van der Waals surface area contributed by atoms with Crippen molar-refractivity contribution < 1.29 is 0 Å². The van der Waals surface area contributed by atoms with Gasteiger partial charge in [-0.25, -0.2) is 0 Å². The van der Waals surface area contributed by atoms with E-state index in [1.807, 2.05) is 0 Å². The molecule has 0 radical (unpaired) electrons. The zero-order valence-corrected chi connectivity index (χ0v) is 10.7. The molecule has 0 aliphatic heterocycles. The molecule has 1 aromatic carbocycles. The molecule has 0 aliphatic carbocycles. The molecule has 0 saturated carbocycles. The van der Waals surface area contributed by atoms with Gasteiger partial charge in [-0.2, -0.15) is 0 Å². The third kappa shape index (κ3) is 1.91. The maximum Gasteiger partial charge on any atom is 0.0381 e. The average molecular weight is 292 g/mol. The highest BCUT2D eigenvalue weighted by atomic mass is 79.9. The van der Waals surface area contributed by atoms with Gasteiger partial charge in [-0.1, -0.05) is 37.9 Å². The van der Waals surface area contributed by atoms with Crippen LogP contribution >= 0.6 is 31.9 Å². The van der Waals surface area contributed by atoms with Gasteiger partial charge in [0.2, 0.25) is 0 Å². The fourth-order valence-corrected chi connectivity index (χ4v) is 2.96. The van der Waals surface area contributed by atoms with Gasteiger partial charge in [0.15, 0.2) is 0 Å². The van der Waals surface area contributed by atoms with Crippen molar-refractivity contribution in [3.63, 3.8) is 0 Å². The normalized spacial score (nSPS) is 13.1. The molecular weight excluding hydrogens is 280 g/mol. The van der Waals surface area contributed by atoms with Crippen LogP contribution < -0.4 is 0 Å². The highest BCUT2D eigenvalue weighted by Gasteiger charge is 2.10. The van der Waals surface area contributed by atoms with E-state index in [0.29, 0.717) is 4.83 Å². The summed E-state index contributed by atoms with van der Waals surface area (Å²) in [5.74, 6) is 0. The number of alkyl halides is 1. The highest BCUT2D eigenvalue weighted by molar-refractivity contribution is 9.11. The molecule has 0 heterocycles. The van der Waals surface area contributed by atoms with E-state index in [0.717, 1.165) is 0 Å². The zero-order valence-electron chi connectivity index (χ0n) is 7.49. The van der Waals surface area contributed by atoms with E-state index in [4.69, 9.17) is 0 Å². The standard InChI is InChI=1S/C10H12Br2/c1-6-4-5-9(12)10(7(6)2)8(3)11/h4-5,8H,1-3H3. The minimum Gasteiger partial charge on any atom is -0.0841 e. The Balaban J connectivity index is 3.33. The van der Waals surface area contributed by atoms with Crippen LogP contribution in [0.4, 0.5) is 0 Å². The molecule has 1 aromatic rings. The van der Waals surface area contributed by atoms with E-state index >= 15 is 0 Å². The molecule has 0 spiro atoms. The molecule has 0 bridgehead atoms. The van der Waals surface area contributed by atoms with Gasteiger partial charge < -0.3 is 0 Å². The SMILES string of the molecule is Cc1ccc(Br)c(C(C)Br)c1C. The molecule has 1 atom stereocenters. The molecule has 0 saturated heterocycles. The predicted octanol–water partition coefficient (Wildman–Crippen LogP) is 4.52. The van der Waals surface area contributed by atoms with Crippen LogP contribution in [0.15, 0.2) is 16.6 Å². The summed E-state index contributed by atoms with van der Waals surface area (Å²) in [4.78, 5) is 0.409. The summed E-state index contributed by atoms with van der Waals surface area (Å²) in [6.45, 7) is 6.44. The van der Waals surface area contributed by atoms with Crippen molar-refractivity contribution >= 4 is 31.9 Å². The smallest absolute Gasteiger partial charge is 0.0381 e. The summed E-state index contributed by atoms with van der Waals surface area (Å²) in [6.07, 6.45) is 0. The van der Waals surface area contributed by atoms with Crippen molar-refractivity contribution in [2.75, 3.05) is 0 Å². The summed E-state index contributed by atoms with van der Waals surface area (Å²) in [5, 5.41) is 0. The van der Waals surface area contributed by atoms with Crippen molar-refractivity contribution in [2.24, 2.45) is 0 Å². The van der Waals surface area contributed by atoms with Gasteiger partial charge in [0, 0.05) is 9.30 Å².